The van der Waals surface area contributed by atoms with Gasteiger partial charge in [0.2, 0.25) is 0 Å². The largest absolute Gasteiger partial charge is 0.493 e. The standard InChI is InChI=1S/2C22H23F2N3O3/c2*1-3-30-20-10-21-26-18(13-7-15(8-13)29-2)12-27(21)11-14(20)9-19(28)16-5-4-6-17(25-16)22(23)24/h2*4-6,10-13,15,22H,3,7-9H2,1-2H3. The molecule has 0 amide bonds. The Morgan fingerprint density at radius 3 is 1.38 bits per heavy atom. The van der Waals surface area contributed by atoms with E-state index >= 15 is 0 Å². The number of methoxy groups -OCH3 is 2. The Balaban J connectivity index is 0.000000181. The summed E-state index contributed by atoms with van der Waals surface area (Å²) in [5.74, 6) is 1.14. The number of halogens is 4. The lowest BCUT2D eigenvalue weighted by atomic mass is 9.80. The molecule has 316 valence electrons. The predicted molar refractivity (Wildman–Crippen MR) is 213 cm³/mol. The number of hydrogen-bond donors (Lipinski definition) is 0. The van der Waals surface area contributed by atoms with Gasteiger partial charge in [-0.1, -0.05) is 12.1 Å². The summed E-state index contributed by atoms with van der Waals surface area (Å²) in [6, 6.07) is 11.8. The van der Waals surface area contributed by atoms with Crippen molar-refractivity contribution in [3.8, 4) is 11.5 Å². The van der Waals surface area contributed by atoms with Crippen LogP contribution in [0.4, 0.5) is 17.6 Å². The van der Waals surface area contributed by atoms with Crippen molar-refractivity contribution in [2.75, 3.05) is 27.4 Å². The van der Waals surface area contributed by atoms with Gasteiger partial charge in [0, 0.05) is 86.9 Å². The van der Waals surface area contributed by atoms with Crippen LogP contribution in [0, 0.1) is 0 Å². The SMILES string of the molecule is CCOc1cc2nc(C3CC(OC)C3)cn2cc1CC(=O)c1cccc(C(F)F)n1.CCOc1cc2nc(C3CC(OC)C3)cn2cc1CC(=O)c1cccc(C(F)F)n1. The molecular weight excluding hydrogens is 785 g/mol. The lowest BCUT2D eigenvalue weighted by molar-refractivity contribution is 0.0248. The van der Waals surface area contributed by atoms with Crippen LogP contribution in [0.2, 0.25) is 0 Å². The maximum Gasteiger partial charge on any atom is 0.280 e. The van der Waals surface area contributed by atoms with Crippen LogP contribution >= 0.6 is 0 Å². The van der Waals surface area contributed by atoms with Gasteiger partial charge >= 0.3 is 0 Å². The van der Waals surface area contributed by atoms with Crippen LogP contribution in [0.5, 0.6) is 11.5 Å². The van der Waals surface area contributed by atoms with Crippen LogP contribution in [0.1, 0.15) is 119 Å². The quantitative estimate of drug-likeness (QED) is 0.0689. The maximum absolute atomic E-state index is 12.9. The van der Waals surface area contributed by atoms with Crippen molar-refractivity contribution in [1.82, 2.24) is 28.7 Å². The Morgan fingerprint density at radius 2 is 1.03 bits per heavy atom. The summed E-state index contributed by atoms with van der Waals surface area (Å²) in [4.78, 5) is 42.4. The highest BCUT2D eigenvalue weighted by Gasteiger charge is 2.33. The molecule has 2 saturated carbocycles. The molecule has 0 unspecified atom stereocenters. The molecule has 0 aliphatic heterocycles. The Hall–Kier alpha value is -5.74. The number of alkyl halides is 4. The smallest absolute Gasteiger partial charge is 0.280 e. The summed E-state index contributed by atoms with van der Waals surface area (Å²) in [5, 5.41) is 0. The second kappa shape index (κ2) is 18.7. The van der Waals surface area contributed by atoms with Crippen molar-refractivity contribution in [2.45, 2.75) is 89.3 Å². The van der Waals surface area contributed by atoms with Gasteiger partial charge in [-0.3, -0.25) is 9.59 Å². The third-order valence-electron chi connectivity index (χ3n) is 10.9. The second-order valence-corrected chi connectivity index (χ2v) is 14.8. The molecule has 2 fully saturated rings. The fourth-order valence-electron chi connectivity index (χ4n) is 7.38. The summed E-state index contributed by atoms with van der Waals surface area (Å²) < 4.78 is 77.5. The molecule has 2 aliphatic carbocycles. The van der Waals surface area contributed by atoms with Crippen molar-refractivity contribution >= 4 is 22.9 Å². The number of fused-ring (bicyclic) bond motifs is 2. The van der Waals surface area contributed by atoms with Gasteiger partial charge in [0.1, 0.15) is 45.6 Å². The summed E-state index contributed by atoms with van der Waals surface area (Å²) >= 11 is 0. The monoisotopic (exact) mass is 830 g/mol. The van der Waals surface area contributed by atoms with Crippen LogP contribution in [-0.4, -0.2) is 79.9 Å². The van der Waals surface area contributed by atoms with E-state index in [4.69, 9.17) is 28.9 Å². The summed E-state index contributed by atoms with van der Waals surface area (Å²) in [7, 11) is 3.43. The summed E-state index contributed by atoms with van der Waals surface area (Å²) in [5.41, 5.74) is 3.99. The molecule has 0 saturated heterocycles. The van der Waals surface area contributed by atoms with Gasteiger partial charge in [0.25, 0.3) is 12.9 Å². The van der Waals surface area contributed by atoms with E-state index in [1.165, 1.54) is 36.4 Å². The highest BCUT2D eigenvalue weighted by atomic mass is 19.3. The van der Waals surface area contributed by atoms with Crippen LogP contribution in [-0.2, 0) is 22.3 Å². The van der Waals surface area contributed by atoms with Gasteiger partial charge in [-0.15, -0.1) is 0 Å². The number of imidazole rings is 2. The molecule has 8 rings (SSSR count). The Kier molecular flexibility index (Phi) is 13.2. The van der Waals surface area contributed by atoms with E-state index in [1.807, 2.05) is 59.6 Å². The number of rotatable bonds is 16. The minimum absolute atomic E-state index is 0.00629. The number of ketones is 2. The number of hydrogen-bond acceptors (Lipinski definition) is 10. The van der Waals surface area contributed by atoms with Gasteiger partial charge < -0.3 is 27.7 Å². The number of nitrogens with zero attached hydrogens (tertiary/aromatic N) is 6. The van der Waals surface area contributed by atoms with E-state index in [2.05, 4.69) is 9.97 Å². The highest BCUT2D eigenvalue weighted by molar-refractivity contribution is 5.96. The van der Waals surface area contributed by atoms with E-state index in [0.717, 1.165) is 48.4 Å². The third-order valence-corrected chi connectivity index (χ3v) is 10.9. The molecule has 0 N–H and O–H groups in total. The zero-order valence-electron chi connectivity index (χ0n) is 33.7. The number of carbonyl (C=O) groups is 2. The molecule has 0 atom stereocenters. The molecule has 0 bridgehead atoms. The summed E-state index contributed by atoms with van der Waals surface area (Å²) in [6.07, 6.45) is 6.43. The van der Waals surface area contributed by atoms with Gasteiger partial charge in [0.15, 0.2) is 11.6 Å². The van der Waals surface area contributed by atoms with Gasteiger partial charge in [-0.2, -0.15) is 0 Å². The molecule has 0 radical (unpaired) electrons. The van der Waals surface area contributed by atoms with Crippen LogP contribution in [0.15, 0.2) is 73.3 Å². The van der Waals surface area contributed by atoms with E-state index in [1.54, 1.807) is 14.2 Å². The number of ether oxygens (including phenoxy) is 4. The second-order valence-electron chi connectivity index (χ2n) is 14.8. The molecule has 6 aromatic heterocycles. The fraction of sp³-hybridized carbons (Fsp3) is 0.409. The molecule has 0 aromatic carbocycles. The molecule has 16 heteroatoms. The predicted octanol–water partition coefficient (Wildman–Crippen LogP) is 8.77. The first kappa shape index (κ1) is 42.4. The minimum Gasteiger partial charge on any atom is -0.493 e. The normalized spacial score (nSPS) is 18.6. The van der Waals surface area contributed by atoms with Crippen LogP contribution in [0.3, 0.4) is 0 Å². The summed E-state index contributed by atoms with van der Waals surface area (Å²) in [6.45, 7) is 4.59. The van der Waals surface area contributed by atoms with Crippen LogP contribution in [0.25, 0.3) is 11.3 Å². The number of aromatic nitrogens is 6. The molecule has 0 spiro atoms. The van der Waals surface area contributed by atoms with Gasteiger partial charge in [-0.25, -0.2) is 37.5 Å². The van der Waals surface area contributed by atoms with E-state index < -0.39 is 24.2 Å². The lowest BCUT2D eigenvalue weighted by Gasteiger charge is -2.32. The lowest BCUT2D eigenvalue weighted by Crippen LogP contribution is -2.28. The molecule has 6 aromatic rings. The van der Waals surface area contributed by atoms with E-state index in [0.29, 0.717) is 47.7 Å². The first-order chi connectivity index (χ1) is 29.0. The minimum atomic E-state index is -2.72. The van der Waals surface area contributed by atoms with Crippen LogP contribution < -0.4 is 9.47 Å². The number of carbonyl (C=O) groups excluding carboxylic acids is 2. The highest BCUT2D eigenvalue weighted by Crippen LogP contribution is 2.39. The third kappa shape index (κ3) is 9.49. The number of pyridine rings is 4. The van der Waals surface area contributed by atoms with Gasteiger partial charge in [-0.05, 0) is 63.8 Å². The molecule has 6 heterocycles. The Labute approximate surface area is 343 Å². The Bertz CT molecular complexity index is 2290. The van der Waals surface area contributed by atoms with E-state index in [9.17, 15) is 27.2 Å². The maximum atomic E-state index is 12.9. The molecule has 60 heavy (non-hydrogen) atoms. The first-order valence-corrected chi connectivity index (χ1v) is 19.9. The van der Waals surface area contributed by atoms with Crippen molar-refractivity contribution in [2.24, 2.45) is 0 Å². The zero-order chi connectivity index (χ0) is 42.5. The molecular formula is C44H46F4N6O6. The van der Waals surface area contributed by atoms with E-state index in [-0.39, 0.29) is 48.0 Å². The zero-order valence-corrected chi connectivity index (χ0v) is 33.7. The van der Waals surface area contributed by atoms with Crippen molar-refractivity contribution in [1.29, 1.82) is 0 Å². The fourth-order valence-corrected chi connectivity index (χ4v) is 7.38. The van der Waals surface area contributed by atoms with Gasteiger partial charge in [0.05, 0.1) is 36.8 Å². The Morgan fingerprint density at radius 1 is 0.633 bits per heavy atom. The molecule has 2 aliphatic rings. The number of Topliss-reactive ketones (excluding diaryl/α,β-unsaturated/α-hetero) is 2. The molecule has 12 nitrogen and oxygen atoms in total. The topological polar surface area (TPSA) is 131 Å². The first-order valence-electron chi connectivity index (χ1n) is 19.9. The van der Waals surface area contributed by atoms with Crippen molar-refractivity contribution in [3.05, 3.63) is 119 Å². The van der Waals surface area contributed by atoms with Crippen molar-refractivity contribution < 1.29 is 46.1 Å². The van der Waals surface area contributed by atoms with Crippen molar-refractivity contribution in [3.63, 3.8) is 0 Å². The average molecular weight is 831 g/mol. The average Bonchev–Trinajstić information content (AvgIpc) is 3.80.